The molecule has 0 saturated carbocycles. The molecule has 1 heterocycles. The van der Waals surface area contributed by atoms with E-state index in [4.69, 9.17) is 5.73 Å². The number of anilines is 2. The molecule has 7 heteroatoms. The van der Waals surface area contributed by atoms with Crippen LogP contribution in [0.1, 0.15) is 10.5 Å². The smallest absolute Gasteiger partial charge is 0.274 e. The van der Waals surface area contributed by atoms with Gasteiger partial charge in [-0.3, -0.25) is 14.7 Å². The summed E-state index contributed by atoms with van der Waals surface area (Å²) in [5.74, 6) is -0.673. The fourth-order valence-electron chi connectivity index (χ4n) is 1.67. The Balaban J connectivity index is 1.94. The van der Waals surface area contributed by atoms with E-state index < -0.39 is 0 Å². The third-order valence-electron chi connectivity index (χ3n) is 2.67. The van der Waals surface area contributed by atoms with Crippen molar-refractivity contribution in [2.45, 2.75) is 0 Å². The molecule has 0 fully saturated rings. The number of likely N-dealkylation sites (N-methyl/N-ethyl adjacent to an activating group) is 1. The minimum atomic E-state index is -0.386. The summed E-state index contributed by atoms with van der Waals surface area (Å²) in [6, 6.07) is 9.02. The molecule has 1 aromatic carbocycles. The van der Waals surface area contributed by atoms with Gasteiger partial charge in [0.1, 0.15) is 5.69 Å². The maximum absolute atomic E-state index is 12.0. The molecule has 0 spiro atoms. The Morgan fingerprint density at radius 3 is 2.65 bits per heavy atom. The maximum Gasteiger partial charge on any atom is 0.274 e. The van der Waals surface area contributed by atoms with E-state index in [1.165, 1.54) is 18.1 Å². The average Bonchev–Trinajstić information content (AvgIpc) is 2.85. The Bertz CT molecular complexity index is 608. The number of hydrogen-bond acceptors (Lipinski definition) is 4. The Morgan fingerprint density at radius 1 is 1.35 bits per heavy atom. The minimum absolute atomic E-state index is 0.0772. The predicted octanol–water partition coefficient (Wildman–Crippen LogP) is 0.703. The fourth-order valence-corrected chi connectivity index (χ4v) is 1.67. The number of nitrogen functional groups attached to an aromatic ring is 1. The van der Waals surface area contributed by atoms with Gasteiger partial charge in [-0.1, -0.05) is 18.2 Å². The lowest BCUT2D eigenvalue weighted by Gasteiger charge is -2.16. The highest BCUT2D eigenvalue weighted by Crippen LogP contribution is 2.09. The summed E-state index contributed by atoms with van der Waals surface area (Å²) >= 11 is 0. The van der Waals surface area contributed by atoms with Gasteiger partial charge in [0.2, 0.25) is 5.91 Å². The number of nitrogens with one attached hydrogen (secondary N) is 2. The molecule has 4 N–H and O–H groups in total. The van der Waals surface area contributed by atoms with Gasteiger partial charge in [0.25, 0.3) is 5.91 Å². The molecule has 2 rings (SSSR count). The Kier molecular flexibility index (Phi) is 3.99. The van der Waals surface area contributed by atoms with Crippen molar-refractivity contribution in [1.29, 1.82) is 0 Å². The van der Waals surface area contributed by atoms with Crippen LogP contribution in [0.25, 0.3) is 0 Å². The van der Waals surface area contributed by atoms with Crippen molar-refractivity contribution in [3.05, 3.63) is 42.2 Å². The first-order valence-electron chi connectivity index (χ1n) is 5.97. The van der Waals surface area contributed by atoms with E-state index in [0.717, 1.165) is 0 Å². The normalized spacial score (nSPS) is 10.1. The molecule has 0 bridgehead atoms. The number of para-hydroxylation sites is 1. The first kappa shape index (κ1) is 13.6. The van der Waals surface area contributed by atoms with Crippen molar-refractivity contribution in [2.75, 3.05) is 24.6 Å². The zero-order valence-electron chi connectivity index (χ0n) is 11.0. The number of hydrogen-bond donors (Lipinski definition) is 3. The molecule has 0 saturated heterocycles. The monoisotopic (exact) mass is 273 g/mol. The molecular formula is C13H15N5O2. The van der Waals surface area contributed by atoms with Gasteiger partial charge in [-0.25, -0.2) is 0 Å². The largest absolute Gasteiger partial charge is 0.396 e. The molecule has 104 valence electrons. The number of nitrogens with two attached hydrogens (primary N) is 1. The lowest BCUT2D eigenvalue weighted by molar-refractivity contribution is -0.116. The Morgan fingerprint density at radius 2 is 2.05 bits per heavy atom. The molecule has 0 aliphatic heterocycles. The SMILES string of the molecule is CN(CC(=O)Nc1ccccc1)C(=O)c1[nH]ncc1N. The number of aromatic amines is 1. The van der Waals surface area contributed by atoms with Crippen LogP contribution in [0.15, 0.2) is 36.5 Å². The van der Waals surface area contributed by atoms with Gasteiger partial charge >= 0.3 is 0 Å². The van der Waals surface area contributed by atoms with Crippen LogP contribution in [0.2, 0.25) is 0 Å². The summed E-state index contributed by atoms with van der Waals surface area (Å²) in [4.78, 5) is 25.1. The zero-order chi connectivity index (χ0) is 14.5. The van der Waals surface area contributed by atoms with Crippen molar-refractivity contribution in [2.24, 2.45) is 0 Å². The zero-order valence-corrected chi connectivity index (χ0v) is 11.0. The first-order chi connectivity index (χ1) is 9.58. The molecule has 0 atom stereocenters. The lowest BCUT2D eigenvalue weighted by atomic mass is 10.3. The number of nitrogens with zero attached hydrogens (tertiary/aromatic N) is 2. The third-order valence-corrected chi connectivity index (χ3v) is 2.67. The van der Waals surface area contributed by atoms with Gasteiger partial charge in [-0.15, -0.1) is 0 Å². The number of rotatable bonds is 4. The standard InChI is InChI=1S/C13H15N5O2/c1-18(13(20)12-10(14)7-15-17-12)8-11(19)16-9-5-3-2-4-6-9/h2-7H,8,14H2,1H3,(H,15,17)(H,16,19). The Labute approximate surface area is 115 Å². The molecule has 2 aromatic rings. The highest BCUT2D eigenvalue weighted by molar-refractivity contribution is 6.00. The van der Waals surface area contributed by atoms with Gasteiger partial charge in [0.15, 0.2) is 0 Å². The summed E-state index contributed by atoms with van der Waals surface area (Å²) in [6.45, 7) is -0.0772. The summed E-state index contributed by atoms with van der Waals surface area (Å²) in [7, 11) is 1.52. The highest BCUT2D eigenvalue weighted by Gasteiger charge is 2.18. The van der Waals surface area contributed by atoms with E-state index in [1.54, 1.807) is 12.1 Å². The van der Waals surface area contributed by atoms with Gasteiger partial charge in [-0.2, -0.15) is 5.10 Å². The number of carbonyl (C=O) groups is 2. The summed E-state index contributed by atoms with van der Waals surface area (Å²) in [5.41, 5.74) is 6.71. The summed E-state index contributed by atoms with van der Waals surface area (Å²) < 4.78 is 0. The van der Waals surface area contributed by atoms with Gasteiger partial charge < -0.3 is 16.0 Å². The number of carbonyl (C=O) groups excluding carboxylic acids is 2. The van der Waals surface area contributed by atoms with Crippen LogP contribution in [0.3, 0.4) is 0 Å². The highest BCUT2D eigenvalue weighted by atomic mass is 16.2. The van der Waals surface area contributed by atoms with Gasteiger partial charge in [-0.05, 0) is 12.1 Å². The van der Waals surface area contributed by atoms with E-state index in [2.05, 4.69) is 15.5 Å². The van der Waals surface area contributed by atoms with E-state index >= 15 is 0 Å². The number of benzene rings is 1. The quantitative estimate of drug-likeness (QED) is 0.762. The third kappa shape index (κ3) is 3.14. The van der Waals surface area contributed by atoms with Crippen molar-refractivity contribution in [1.82, 2.24) is 15.1 Å². The molecular weight excluding hydrogens is 258 g/mol. The Hall–Kier alpha value is -2.83. The molecule has 20 heavy (non-hydrogen) atoms. The van der Waals surface area contributed by atoms with E-state index in [-0.39, 0.29) is 29.7 Å². The number of aromatic nitrogens is 2. The minimum Gasteiger partial charge on any atom is -0.396 e. The topological polar surface area (TPSA) is 104 Å². The molecule has 2 amide bonds. The van der Waals surface area contributed by atoms with E-state index in [1.807, 2.05) is 18.2 Å². The summed E-state index contributed by atoms with van der Waals surface area (Å²) in [5, 5.41) is 8.88. The van der Waals surface area contributed by atoms with Crippen molar-refractivity contribution in [3.8, 4) is 0 Å². The van der Waals surface area contributed by atoms with Crippen LogP contribution >= 0.6 is 0 Å². The fraction of sp³-hybridized carbons (Fsp3) is 0.154. The predicted molar refractivity (Wildman–Crippen MR) is 75.0 cm³/mol. The lowest BCUT2D eigenvalue weighted by Crippen LogP contribution is -2.35. The van der Waals surface area contributed by atoms with E-state index in [0.29, 0.717) is 5.69 Å². The van der Waals surface area contributed by atoms with Crippen LogP contribution in [0.5, 0.6) is 0 Å². The molecule has 0 aliphatic carbocycles. The van der Waals surface area contributed by atoms with Gasteiger partial charge in [0.05, 0.1) is 18.4 Å². The summed E-state index contributed by atoms with van der Waals surface area (Å²) in [6.07, 6.45) is 1.35. The molecule has 0 unspecified atom stereocenters. The second-order valence-corrected chi connectivity index (χ2v) is 4.28. The number of amides is 2. The first-order valence-corrected chi connectivity index (χ1v) is 5.97. The van der Waals surface area contributed by atoms with Crippen molar-refractivity contribution < 1.29 is 9.59 Å². The average molecular weight is 273 g/mol. The molecule has 0 radical (unpaired) electrons. The van der Waals surface area contributed by atoms with Gasteiger partial charge in [0, 0.05) is 12.7 Å². The second kappa shape index (κ2) is 5.87. The number of H-pyrrole nitrogens is 1. The molecule has 0 aliphatic rings. The van der Waals surface area contributed by atoms with Crippen LogP contribution in [-0.2, 0) is 4.79 Å². The molecule has 1 aromatic heterocycles. The van der Waals surface area contributed by atoms with Crippen molar-refractivity contribution >= 4 is 23.2 Å². The molecule has 7 nitrogen and oxygen atoms in total. The van der Waals surface area contributed by atoms with Crippen LogP contribution in [0, 0.1) is 0 Å². The van der Waals surface area contributed by atoms with Crippen molar-refractivity contribution in [3.63, 3.8) is 0 Å². The van der Waals surface area contributed by atoms with E-state index in [9.17, 15) is 9.59 Å². The van der Waals surface area contributed by atoms with Crippen LogP contribution < -0.4 is 11.1 Å². The van der Waals surface area contributed by atoms with Crippen LogP contribution in [-0.4, -0.2) is 40.5 Å². The second-order valence-electron chi connectivity index (χ2n) is 4.28. The maximum atomic E-state index is 12.0. The van der Waals surface area contributed by atoms with Crippen LogP contribution in [0.4, 0.5) is 11.4 Å².